The van der Waals surface area contributed by atoms with Crippen molar-refractivity contribution < 1.29 is 33.6 Å². The molecule has 0 bridgehead atoms. The molecule has 172 valence electrons. The number of hydrogen-bond acceptors (Lipinski definition) is 11. The van der Waals surface area contributed by atoms with E-state index in [0.29, 0.717) is 65.7 Å². The molecule has 1 aliphatic heterocycles. The van der Waals surface area contributed by atoms with E-state index < -0.39 is 11.9 Å². The standard InChI is InChI=1S/C20H24N4O7S/c1-28-17-13(14(21)6-8-22-17)10-32-20-23-18-12(7-9-29-18)19(24-20)31-11-30-16(27)5-3-2-4-15(25)26/h6,8H,2-5,7,9-11H2,1H3,(H2,21,22)(H,25,26). The number of nitrogens with zero attached hydrogens (tertiary/aromatic N) is 3. The molecule has 2 aromatic rings. The van der Waals surface area contributed by atoms with Crippen molar-refractivity contribution in [3.63, 3.8) is 0 Å². The Balaban J connectivity index is 1.58. The molecule has 0 amide bonds. The van der Waals surface area contributed by atoms with E-state index in [4.69, 9.17) is 29.8 Å². The lowest BCUT2D eigenvalue weighted by Gasteiger charge is -2.12. The van der Waals surface area contributed by atoms with Gasteiger partial charge in [-0.2, -0.15) is 9.97 Å². The summed E-state index contributed by atoms with van der Waals surface area (Å²) in [5.74, 6) is 0.225. The predicted molar refractivity (Wildman–Crippen MR) is 114 cm³/mol. The monoisotopic (exact) mass is 464 g/mol. The number of thioether (sulfide) groups is 1. The number of pyridine rings is 1. The van der Waals surface area contributed by atoms with E-state index in [1.54, 1.807) is 12.3 Å². The number of esters is 1. The molecule has 0 aliphatic carbocycles. The van der Waals surface area contributed by atoms with Crippen molar-refractivity contribution in [2.45, 2.75) is 43.0 Å². The van der Waals surface area contributed by atoms with Crippen LogP contribution in [0.25, 0.3) is 0 Å². The highest BCUT2D eigenvalue weighted by atomic mass is 32.2. The molecule has 1 aliphatic rings. The predicted octanol–water partition coefficient (Wildman–Crippen LogP) is 2.21. The van der Waals surface area contributed by atoms with Gasteiger partial charge in [0.25, 0.3) is 0 Å². The number of nitrogens with two attached hydrogens (primary N) is 1. The first kappa shape index (κ1) is 23.4. The first-order valence-electron chi connectivity index (χ1n) is 9.92. The van der Waals surface area contributed by atoms with Crippen LogP contribution in [-0.2, 0) is 26.5 Å². The zero-order valence-electron chi connectivity index (χ0n) is 17.5. The maximum atomic E-state index is 11.8. The van der Waals surface area contributed by atoms with E-state index in [2.05, 4.69) is 15.0 Å². The Morgan fingerprint density at radius 1 is 1.25 bits per heavy atom. The molecule has 3 rings (SSSR count). The number of rotatable bonds is 12. The minimum absolute atomic E-state index is 0.0217. The highest BCUT2D eigenvalue weighted by Gasteiger charge is 2.23. The molecule has 0 spiro atoms. The summed E-state index contributed by atoms with van der Waals surface area (Å²) < 4.78 is 21.5. The van der Waals surface area contributed by atoms with Crippen LogP contribution in [0.15, 0.2) is 17.4 Å². The summed E-state index contributed by atoms with van der Waals surface area (Å²) in [6.07, 6.45) is 3.15. The summed E-state index contributed by atoms with van der Waals surface area (Å²) in [5.41, 5.74) is 8.02. The molecule has 0 radical (unpaired) electrons. The van der Waals surface area contributed by atoms with Gasteiger partial charge in [-0.25, -0.2) is 4.98 Å². The number of carbonyl (C=O) groups is 2. The summed E-state index contributed by atoms with van der Waals surface area (Å²) in [5, 5.41) is 9.02. The van der Waals surface area contributed by atoms with Gasteiger partial charge in [-0.15, -0.1) is 0 Å². The second kappa shape index (κ2) is 11.4. The second-order valence-corrected chi connectivity index (χ2v) is 7.69. The maximum Gasteiger partial charge on any atom is 0.308 e. The maximum absolute atomic E-state index is 11.8. The molecule has 12 heteroatoms. The van der Waals surface area contributed by atoms with Crippen molar-refractivity contribution in [1.82, 2.24) is 15.0 Å². The Bertz CT molecular complexity index is 973. The molecule has 2 aromatic heterocycles. The number of unbranched alkanes of at least 4 members (excludes halogenated alkanes) is 1. The van der Waals surface area contributed by atoms with E-state index in [0.717, 1.165) is 5.56 Å². The average Bonchev–Trinajstić information content (AvgIpc) is 3.24. The Kier molecular flexibility index (Phi) is 8.31. The summed E-state index contributed by atoms with van der Waals surface area (Å²) in [7, 11) is 1.52. The minimum Gasteiger partial charge on any atom is -0.481 e. The summed E-state index contributed by atoms with van der Waals surface area (Å²) in [6, 6.07) is 1.69. The van der Waals surface area contributed by atoms with Crippen molar-refractivity contribution in [2.24, 2.45) is 0 Å². The van der Waals surface area contributed by atoms with E-state index in [-0.39, 0.29) is 19.6 Å². The number of methoxy groups -OCH3 is 1. The molecule has 0 fully saturated rings. The molecular formula is C20H24N4O7S. The van der Waals surface area contributed by atoms with E-state index >= 15 is 0 Å². The number of anilines is 1. The van der Waals surface area contributed by atoms with Gasteiger partial charge in [0.15, 0.2) is 5.16 Å². The lowest BCUT2D eigenvalue weighted by Crippen LogP contribution is -2.12. The first-order chi connectivity index (χ1) is 15.5. The van der Waals surface area contributed by atoms with Crippen LogP contribution in [0, 0.1) is 0 Å². The molecule has 0 saturated heterocycles. The molecule has 0 saturated carbocycles. The number of hydrogen-bond donors (Lipinski definition) is 2. The SMILES string of the molecule is COc1nccc(N)c1CSc1nc2c(c(OCOC(=O)CCCCC(=O)O)n1)CCO2. The average molecular weight is 465 g/mol. The molecule has 11 nitrogen and oxygen atoms in total. The van der Waals surface area contributed by atoms with Gasteiger partial charge in [0, 0.05) is 42.5 Å². The number of ether oxygens (including phenoxy) is 4. The number of aliphatic carboxylic acids is 1. The van der Waals surface area contributed by atoms with E-state index in [1.165, 1.54) is 18.9 Å². The van der Waals surface area contributed by atoms with Gasteiger partial charge in [-0.1, -0.05) is 11.8 Å². The fourth-order valence-corrected chi connectivity index (χ4v) is 3.76. The third-order valence-electron chi connectivity index (χ3n) is 4.53. The third kappa shape index (κ3) is 6.36. The number of nitrogen functional groups attached to an aromatic ring is 1. The van der Waals surface area contributed by atoms with Crippen LogP contribution >= 0.6 is 11.8 Å². The van der Waals surface area contributed by atoms with E-state index in [1.807, 2.05) is 0 Å². The Morgan fingerprint density at radius 3 is 2.84 bits per heavy atom. The quantitative estimate of drug-likeness (QED) is 0.155. The van der Waals surface area contributed by atoms with Crippen LogP contribution < -0.4 is 19.9 Å². The lowest BCUT2D eigenvalue weighted by molar-refractivity contribution is -0.150. The first-order valence-corrected chi connectivity index (χ1v) is 10.9. The lowest BCUT2D eigenvalue weighted by atomic mass is 10.2. The largest absolute Gasteiger partial charge is 0.481 e. The molecule has 0 aromatic carbocycles. The fraction of sp³-hybridized carbons (Fsp3) is 0.450. The van der Waals surface area contributed by atoms with Crippen molar-refractivity contribution in [2.75, 3.05) is 26.2 Å². The van der Waals surface area contributed by atoms with Gasteiger partial charge < -0.3 is 29.8 Å². The van der Waals surface area contributed by atoms with Crippen molar-refractivity contribution in [3.05, 3.63) is 23.4 Å². The van der Waals surface area contributed by atoms with Gasteiger partial charge >= 0.3 is 11.9 Å². The van der Waals surface area contributed by atoms with E-state index in [9.17, 15) is 9.59 Å². The van der Waals surface area contributed by atoms with Crippen LogP contribution in [-0.4, -0.2) is 52.5 Å². The van der Waals surface area contributed by atoms with Gasteiger partial charge in [0.05, 0.1) is 19.3 Å². The minimum atomic E-state index is -0.889. The summed E-state index contributed by atoms with van der Waals surface area (Å²) in [4.78, 5) is 35.3. The van der Waals surface area contributed by atoms with Crippen LogP contribution in [0.1, 0.15) is 36.8 Å². The summed E-state index contributed by atoms with van der Waals surface area (Å²) in [6.45, 7) is 0.149. The second-order valence-electron chi connectivity index (χ2n) is 6.75. The van der Waals surface area contributed by atoms with Crippen molar-refractivity contribution >= 4 is 29.4 Å². The zero-order valence-corrected chi connectivity index (χ0v) is 18.4. The number of carbonyl (C=O) groups excluding carboxylic acids is 1. The fourth-order valence-electron chi connectivity index (χ4n) is 2.91. The summed E-state index contributed by atoms with van der Waals surface area (Å²) >= 11 is 1.32. The van der Waals surface area contributed by atoms with Crippen LogP contribution in [0.5, 0.6) is 17.6 Å². The normalized spacial score (nSPS) is 12.0. The zero-order chi connectivity index (χ0) is 22.9. The van der Waals surface area contributed by atoms with Crippen molar-refractivity contribution in [3.8, 4) is 17.6 Å². The smallest absolute Gasteiger partial charge is 0.308 e. The molecule has 3 N–H and O–H groups in total. The third-order valence-corrected chi connectivity index (χ3v) is 5.40. The number of carboxylic acid groups (broad SMARTS) is 1. The topological polar surface area (TPSA) is 156 Å². The molecular weight excluding hydrogens is 440 g/mol. The Labute approximate surface area is 188 Å². The van der Waals surface area contributed by atoms with Gasteiger partial charge in [0.2, 0.25) is 24.4 Å². The Morgan fingerprint density at radius 2 is 2.06 bits per heavy atom. The van der Waals surface area contributed by atoms with Gasteiger partial charge in [-0.05, 0) is 18.9 Å². The number of carboxylic acids is 1. The molecule has 32 heavy (non-hydrogen) atoms. The van der Waals surface area contributed by atoms with Crippen LogP contribution in [0.3, 0.4) is 0 Å². The number of fused-ring (bicyclic) bond motifs is 1. The van der Waals surface area contributed by atoms with Gasteiger partial charge in [0.1, 0.15) is 0 Å². The van der Waals surface area contributed by atoms with Crippen LogP contribution in [0.2, 0.25) is 0 Å². The number of aromatic nitrogens is 3. The van der Waals surface area contributed by atoms with Crippen LogP contribution in [0.4, 0.5) is 5.69 Å². The molecule has 0 atom stereocenters. The Hall–Kier alpha value is -3.28. The highest BCUT2D eigenvalue weighted by Crippen LogP contribution is 2.35. The van der Waals surface area contributed by atoms with Gasteiger partial charge in [-0.3, -0.25) is 9.59 Å². The van der Waals surface area contributed by atoms with Crippen molar-refractivity contribution in [1.29, 1.82) is 0 Å². The molecule has 0 unspecified atom stereocenters. The highest BCUT2D eigenvalue weighted by molar-refractivity contribution is 7.98. The molecule has 3 heterocycles.